The predicted molar refractivity (Wildman–Crippen MR) is 84.7 cm³/mol. The van der Waals surface area contributed by atoms with Crippen LogP contribution in [0, 0.1) is 0 Å². The van der Waals surface area contributed by atoms with Gasteiger partial charge in [-0.15, -0.1) is 5.10 Å². The molecule has 122 valence electrons. The molecular weight excluding hydrogens is 312 g/mol. The highest BCUT2D eigenvalue weighted by molar-refractivity contribution is 5.93. The van der Waals surface area contributed by atoms with Crippen molar-refractivity contribution in [2.45, 2.75) is 0 Å². The zero-order chi connectivity index (χ0) is 17.1. The van der Waals surface area contributed by atoms with E-state index in [1.54, 1.807) is 42.7 Å². The topological polar surface area (TPSA) is 99.4 Å². The molecule has 0 unspecified atom stereocenters. The Morgan fingerprint density at radius 2 is 1.96 bits per heavy atom. The van der Waals surface area contributed by atoms with E-state index in [1.807, 2.05) is 0 Å². The van der Waals surface area contributed by atoms with Crippen molar-refractivity contribution in [3.8, 4) is 28.4 Å². The molecule has 0 aliphatic rings. The standard InChI is InChI=1S/C16H14N4O4/c1-23-12-6-5-11(8-13(12)24-2)20-15(10-4-3-7-17-9-10)14(16(21)22)18-19-20/h3-9H,1-2H3,(H,21,22). The third-order valence-corrected chi connectivity index (χ3v) is 3.42. The predicted octanol–water partition coefficient (Wildman–Crippen LogP) is 2.04. The number of hydrogen-bond acceptors (Lipinski definition) is 6. The van der Waals surface area contributed by atoms with Gasteiger partial charge in [0, 0.05) is 24.0 Å². The van der Waals surface area contributed by atoms with Crippen LogP contribution in [0.4, 0.5) is 0 Å². The number of carbonyl (C=O) groups is 1. The van der Waals surface area contributed by atoms with Crippen LogP contribution >= 0.6 is 0 Å². The second kappa shape index (κ2) is 6.37. The average Bonchev–Trinajstić information content (AvgIpc) is 3.07. The van der Waals surface area contributed by atoms with E-state index in [1.165, 1.54) is 18.9 Å². The maximum absolute atomic E-state index is 11.5. The minimum atomic E-state index is -1.17. The van der Waals surface area contributed by atoms with E-state index < -0.39 is 5.97 Å². The van der Waals surface area contributed by atoms with E-state index in [-0.39, 0.29) is 5.69 Å². The number of aromatic nitrogens is 4. The molecule has 0 saturated carbocycles. The summed E-state index contributed by atoms with van der Waals surface area (Å²) in [5.41, 5.74) is 1.36. The van der Waals surface area contributed by atoms with E-state index in [0.29, 0.717) is 28.4 Å². The van der Waals surface area contributed by atoms with Crippen LogP contribution < -0.4 is 9.47 Å². The second-order valence-corrected chi connectivity index (χ2v) is 4.78. The number of ether oxygens (including phenoxy) is 2. The zero-order valence-corrected chi connectivity index (χ0v) is 13.0. The van der Waals surface area contributed by atoms with Crippen LogP contribution in [0.25, 0.3) is 16.9 Å². The summed E-state index contributed by atoms with van der Waals surface area (Å²) in [5, 5.41) is 17.1. The quantitative estimate of drug-likeness (QED) is 0.766. The first-order chi connectivity index (χ1) is 11.7. The van der Waals surface area contributed by atoms with Gasteiger partial charge in [0.25, 0.3) is 0 Å². The molecule has 8 nitrogen and oxygen atoms in total. The normalized spacial score (nSPS) is 10.4. The Bertz CT molecular complexity index is 877. The molecule has 2 heterocycles. The second-order valence-electron chi connectivity index (χ2n) is 4.78. The van der Waals surface area contributed by atoms with Gasteiger partial charge in [0.1, 0.15) is 5.69 Å². The fourth-order valence-electron chi connectivity index (χ4n) is 2.33. The number of nitrogens with zero attached hydrogens (tertiary/aromatic N) is 4. The lowest BCUT2D eigenvalue weighted by Crippen LogP contribution is -2.04. The number of benzene rings is 1. The van der Waals surface area contributed by atoms with Gasteiger partial charge >= 0.3 is 5.97 Å². The fourth-order valence-corrected chi connectivity index (χ4v) is 2.33. The molecule has 8 heteroatoms. The third kappa shape index (κ3) is 2.65. The molecule has 0 aliphatic carbocycles. The average molecular weight is 326 g/mol. The summed E-state index contributed by atoms with van der Waals surface area (Å²) in [5.74, 6) is -0.108. The molecule has 2 aromatic heterocycles. The van der Waals surface area contributed by atoms with Crippen LogP contribution in [-0.4, -0.2) is 45.3 Å². The monoisotopic (exact) mass is 326 g/mol. The third-order valence-electron chi connectivity index (χ3n) is 3.42. The first-order valence-electron chi connectivity index (χ1n) is 6.97. The van der Waals surface area contributed by atoms with Crippen molar-refractivity contribution in [2.75, 3.05) is 14.2 Å². The van der Waals surface area contributed by atoms with Crippen molar-refractivity contribution in [2.24, 2.45) is 0 Å². The summed E-state index contributed by atoms with van der Waals surface area (Å²) in [4.78, 5) is 15.5. The number of pyridine rings is 1. The Balaban J connectivity index is 2.21. The number of aromatic carboxylic acids is 1. The molecule has 0 saturated heterocycles. The van der Waals surface area contributed by atoms with Crippen molar-refractivity contribution < 1.29 is 19.4 Å². The van der Waals surface area contributed by atoms with Gasteiger partial charge in [-0.1, -0.05) is 5.21 Å². The Morgan fingerprint density at radius 1 is 1.17 bits per heavy atom. The van der Waals surface area contributed by atoms with Crippen LogP contribution in [0.2, 0.25) is 0 Å². The van der Waals surface area contributed by atoms with Gasteiger partial charge in [0.05, 0.1) is 19.9 Å². The number of methoxy groups -OCH3 is 2. The Kier molecular flexibility index (Phi) is 4.11. The Morgan fingerprint density at radius 3 is 2.58 bits per heavy atom. The van der Waals surface area contributed by atoms with E-state index >= 15 is 0 Å². The van der Waals surface area contributed by atoms with Crippen LogP contribution in [0.3, 0.4) is 0 Å². The Hall–Kier alpha value is -3.42. The fraction of sp³-hybridized carbons (Fsp3) is 0.125. The molecule has 0 bridgehead atoms. The SMILES string of the molecule is COc1ccc(-n2nnc(C(=O)O)c2-c2cccnc2)cc1OC. The summed E-state index contributed by atoms with van der Waals surface area (Å²) in [6, 6.07) is 8.60. The molecule has 24 heavy (non-hydrogen) atoms. The molecule has 1 N–H and O–H groups in total. The number of carboxylic acid groups (broad SMARTS) is 1. The molecular formula is C16H14N4O4. The van der Waals surface area contributed by atoms with Crippen LogP contribution in [0.5, 0.6) is 11.5 Å². The minimum absolute atomic E-state index is 0.155. The number of hydrogen-bond donors (Lipinski definition) is 1. The lowest BCUT2D eigenvalue weighted by molar-refractivity contribution is 0.0691. The summed E-state index contributed by atoms with van der Waals surface area (Å²) < 4.78 is 11.9. The molecule has 3 aromatic rings. The van der Waals surface area contributed by atoms with Crippen molar-refractivity contribution >= 4 is 5.97 Å². The molecule has 0 radical (unpaired) electrons. The van der Waals surface area contributed by atoms with E-state index in [9.17, 15) is 9.90 Å². The maximum Gasteiger partial charge on any atom is 0.358 e. The van der Waals surface area contributed by atoms with Crippen LogP contribution in [0.1, 0.15) is 10.5 Å². The van der Waals surface area contributed by atoms with Crippen LogP contribution in [-0.2, 0) is 0 Å². The molecule has 3 rings (SSSR count). The summed E-state index contributed by atoms with van der Waals surface area (Å²) in [7, 11) is 3.06. The van der Waals surface area contributed by atoms with E-state index in [0.717, 1.165) is 0 Å². The van der Waals surface area contributed by atoms with Gasteiger partial charge in [0.15, 0.2) is 17.2 Å². The van der Waals surface area contributed by atoms with Gasteiger partial charge in [-0.05, 0) is 24.3 Å². The first-order valence-corrected chi connectivity index (χ1v) is 6.97. The van der Waals surface area contributed by atoms with Gasteiger partial charge in [0.2, 0.25) is 0 Å². The summed E-state index contributed by atoms with van der Waals surface area (Å²) in [6.45, 7) is 0. The van der Waals surface area contributed by atoms with Gasteiger partial charge in [-0.3, -0.25) is 4.98 Å². The maximum atomic E-state index is 11.5. The van der Waals surface area contributed by atoms with E-state index in [4.69, 9.17) is 9.47 Å². The highest BCUT2D eigenvalue weighted by Gasteiger charge is 2.22. The van der Waals surface area contributed by atoms with Crippen molar-refractivity contribution in [3.63, 3.8) is 0 Å². The Labute approximate surface area is 137 Å². The lowest BCUT2D eigenvalue weighted by Gasteiger charge is -2.11. The molecule has 0 amide bonds. The lowest BCUT2D eigenvalue weighted by atomic mass is 10.1. The highest BCUT2D eigenvalue weighted by Crippen LogP contribution is 2.31. The van der Waals surface area contributed by atoms with Crippen LogP contribution in [0.15, 0.2) is 42.7 Å². The van der Waals surface area contributed by atoms with Gasteiger partial charge in [-0.2, -0.15) is 0 Å². The zero-order valence-electron chi connectivity index (χ0n) is 13.0. The summed E-state index contributed by atoms with van der Waals surface area (Å²) >= 11 is 0. The molecule has 0 spiro atoms. The number of rotatable bonds is 5. The number of carboxylic acids is 1. The molecule has 0 fully saturated rings. The van der Waals surface area contributed by atoms with Crippen molar-refractivity contribution in [3.05, 3.63) is 48.4 Å². The molecule has 1 aromatic carbocycles. The molecule has 0 aliphatic heterocycles. The van der Waals surface area contributed by atoms with E-state index in [2.05, 4.69) is 15.3 Å². The molecule has 0 atom stereocenters. The van der Waals surface area contributed by atoms with Gasteiger partial charge in [-0.25, -0.2) is 9.48 Å². The van der Waals surface area contributed by atoms with Crippen molar-refractivity contribution in [1.82, 2.24) is 20.0 Å². The first kappa shape index (κ1) is 15.5. The largest absolute Gasteiger partial charge is 0.493 e. The highest BCUT2D eigenvalue weighted by atomic mass is 16.5. The van der Waals surface area contributed by atoms with Crippen molar-refractivity contribution in [1.29, 1.82) is 0 Å². The van der Waals surface area contributed by atoms with Gasteiger partial charge < -0.3 is 14.6 Å². The smallest absolute Gasteiger partial charge is 0.358 e. The summed E-state index contributed by atoms with van der Waals surface area (Å²) in [6.07, 6.45) is 3.16. The minimum Gasteiger partial charge on any atom is -0.493 e.